The molecule has 1 rings (SSSR count). The van der Waals surface area contributed by atoms with Crippen LogP contribution in [0, 0.1) is 11.3 Å². The van der Waals surface area contributed by atoms with Gasteiger partial charge >= 0.3 is 6.18 Å². The van der Waals surface area contributed by atoms with Crippen LogP contribution in [0.4, 0.5) is 13.2 Å². The Morgan fingerprint density at radius 2 is 1.80 bits per heavy atom. The minimum absolute atomic E-state index is 0.319. The Morgan fingerprint density at radius 1 is 1.25 bits per heavy atom. The summed E-state index contributed by atoms with van der Waals surface area (Å²) in [5.74, 6) is -0.886. The standard InChI is InChI=1S/C14H15F3N2O/c1-3-13(4-2,9-18)19-12(20)10-7-5-6-8-11(10)14(15,16)17/h5-8H,3-4H2,1-2H3,(H,19,20). The topological polar surface area (TPSA) is 52.9 Å². The number of carbonyl (C=O) groups is 1. The predicted molar refractivity (Wildman–Crippen MR) is 67.8 cm³/mol. The second-order valence-corrected chi connectivity index (χ2v) is 4.40. The van der Waals surface area contributed by atoms with Crippen LogP contribution in [-0.2, 0) is 6.18 Å². The summed E-state index contributed by atoms with van der Waals surface area (Å²) < 4.78 is 38.5. The lowest BCUT2D eigenvalue weighted by molar-refractivity contribution is -0.137. The molecule has 3 nitrogen and oxygen atoms in total. The van der Waals surface area contributed by atoms with E-state index >= 15 is 0 Å². The maximum Gasteiger partial charge on any atom is 0.417 e. The molecule has 0 aliphatic carbocycles. The lowest BCUT2D eigenvalue weighted by Gasteiger charge is -2.25. The fraction of sp³-hybridized carbons (Fsp3) is 0.429. The molecule has 0 bridgehead atoms. The Morgan fingerprint density at radius 3 is 2.25 bits per heavy atom. The summed E-state index contributed by atoms with van der Waals surface area (Å²) >= 11 is 0. The Bertz CT molecular complexity index is 528. The minimum Gasteiger partial charge on any atom is -0.334 e. The fourth-order valence-electron chi connectivity index (χ4n) is 1.83. The molecular formula is C14H15F3N2O. The smallest absolute Gasteiger partial charge is 0.334 e. The lowest BCUT2D eigenvalue weighted by Crippen LogP contribution is -2.46. The van der Waals surface area contributed by atoms with Crippen LogP contribution in [0.2, 0.25) is 0 Å². The van der Waals surface area contributed by atoms with Gasteiger partial charge < -0.3 is 5.32 Å². The number of nitriles is 1. The predicted octanol–water partition coefficient (Wildman–Crippen LogP) is 3.52. The highest BCUT2D eigenvalue weighted by Crippen LogP contribution is 2.32. The molecule has 0 aliphatic rings. The molecule has 1 aromatic rings. The van der Waals surface area contributed by atoms with E-state index in [2.05, 4.69) is 5.32 Å². The summed E-state index contributed by atoms with van der Waals surface area (Å²) in [6.07, 6.45) is -3.97. The summed E-state index contributed by atoms with van der Waals surface area (Å²) in [6, 6.07) is 6.49. The zero-order valence-corrected chi connectivity index (χ0v) is 11.2. The van der Waals surface area contributed by atoms with Crippen molar-refractivity contribution in [1.82, 2.24) is 5.32 Å². The fourth-order valence-corrected chi connectivity index (χ4v) is 1.83. The van der Waals surface area contributed by atoms with Crippen molar-refractivity contribution in [1.29, 1.82) is 5.26 Å². The van der Waals surface area contributed by atoms with E-state index in [1.807, 2.05) is 6.07 Å². The summed E-state index contributed by atoms with van der Waals surface area (Å²) in [4.78, 5) is 12.0. The Hall–Kier alpha value is -2.03. The van der Waals surface area contributed by atoms with Gasteiger partial charge in [-0.25, -0.2) is 0 Å². The van der Waals surface area contributed by atoms with Crippen molar-refractivity contribution in [2.24, 2.45) is 0 Å². The van der Waals surface area contributed by atoms with Crippen LogP contribution in [0.25, 0.3) is 0 Å². The number of hydrogen-bond donors (Lipinski definition) is 1. The molecular weight excluding hydrogens is 269 g/mol. The van der Waals surface area contributed by atoms with Crippen molar-refractivity contribution >= 4 is 5.91 Å². The summed E-state index contributed by atoms with van der Waals surface area (Å²) in [5, 5.41) is 11.5. The molecule has 0 fully saturated rings. The number of amides is 1. The van der Waals surface area contributed by atoms with Crippen molar-refractivity contribution in [2.75, 3.05) is 0 Å². The first-order valence-electron chi connectivity index (χ1n) is 6.19. The normalized spacial score (nSPS) is 11.8. The molecule has 0 unspecified atom stereocenters. The molecule has 0 atom stereocenters. The number of nitrogens with one attached hydrogen (secondary N) is 1. The molecule has 0 aliphatic heterocycles. The number of halogens is 3. The maximum atomic E-state index is 12.8. The second-order valence-electron chi connectivity index (χ2n) is 4.40. The van der Waals surface area contributed by atoms with Crippen LogP contribution in [0.5, 0.6) is 0 Å². The van der Waals surface area contributed by atoms with Crippen molar-refractivity contribution < 1.29 is 18.0 Å². The third-order valence-corrected chi connectivity index (χ3v) is 3.25. The molecule has 108 valence electrons. The molecule has 0 heterocycles. The molecule has 0 spiro atoms. The number of nitrogens with zero attached hydrogens (tertiary/aromatic N) is 1. The van der Waals surface area contributed by atoms with Crippen LogP contribution < -0.4 is 5.32 Å². The largest absolute Gasteiger partial charge is 0.417 e. The maximum absolute atomic E-state index is 12.8. The minimum atomic E-state index is -4.61. The molecule has 1 amide bonds. The second kappa shape index (κ2) is 5.95. The molecule has 20 heavy (non-hydrogen) atoms. The SMILES string of the molecule is CCC(C#N)(CC)NC(=O)c1ccccc1C(F)(F)F. The van der Waals surface area contributed by atoms with Crippen molar-refractivity contribution in [3.05, 3.63) is 35.4 Å². The van der Waals surface area contributed by atoms with Gasteiger partial charge in [0.25, 0.3) is 5.91 Å². The van der Waals surface area contributed by atoms with E-state index in [-0.39, 0.29) is 0 Å². The molecule has 0 saturated heterocycles. The van der Waals surface area contributed by atoms with Crippen LogP contribution in [-0.4, -0.2) is 11.4 Å². The molecule has 0 saturated carbocycles. The molecule has 0 radical (unpaired) electrons. The van der Waals surface area contributed by atoms with E-state index in [0.717, 1.165) is 12.1 Å². The number of hydrogen-bond acceptors (Lipinski definition) is 2. The van der Waals surface area contributed by atoms with Gasteiger partial charge in [0.2, 0.25) is 0 Å². The van der Waals surface area contributed by atoms with Crippen LogP contribution in [0.15, 0.2) is 24.3 Å². The summed E-state index contributed by atoms with van der Waals surface area (Å²) in [6.45, 7) is 3.39. The van der Waals surface area contributed by atoms with E-state index in [9.17, 15) is 18.0 Å². The van der Waals surface area contributed by atoms with E-state index in [4.69, 9.17) is 5.26 Å². The summed E-state index contributed by atoms with van der Waals surface area (Å²) in [7, 11) is 0. The average Bonchev–Trinajstić information content (AvgIpc) is 2.44. The third-order valence-electron chi connectivity index (χ3n) is 3.25. The number of benzene rings is 1. The zero-order chi connectivity index (χ0) is 15.4. The average molecular weight is 284 g/mol. The zero-order valence-electron chi connectivity index (χ0n) is 11.2. The number of carbonyl (C=O) groups excluding carboxylic acids is 1. The number of rotatable bonds is 4. The van der Waals surface area contributed by atoms with E-state index in [1.54, 1.807) is 13.8 Å². The van der Waals surface area contributed by atoms with Gasteiger partial charge in [0.05, 0.1) is 17.2 Å². The monoisotopic (exact) mass is 284 g/mol. The van der Waals surface area contributed by atoms with Crippen LogP contribution in [0.3, 0.4) is 0 Å². The van der Waals surface area contributed by atoms with Gasteiger partial charge in [0.1, 0.15) is 5.54 Å². The van der Waals surface area contributed by atoms with Gasteiger partial charge in [-0.05, 0) is 25.0 Å². The molecule has 1 aromatic carbocycles. The van der Waals surface area contributed by atoms with Gasteiger partial charge in [-0.3, -0.25) is 4.79 Å². The van der Waals surface area contributed by atoms with Gasteiger partial charge in [-0.2, -0.15) is 18.4 Å². The number of alkyl halides is 3. The van der Waals surface area contributed by atoms with E-state index in [0.29, 0.717) is 12.8 Å². The Kier molecular flexibility index (Phi) is 4.77. The Labute approximate surface area is 115 Å². The van der Waals surface area contributed by atoms with Gasteiger partial charge in [0.15, 0.2) is 0 Å². The van der Waals surface area contributed by atoms with E-state index < -0.39 is 28.7 Å². The summed E-state index contributed by atoms with van der Waals surface area (Å²) in [5.41, 5.74) is -2.62. The van der Waals surface area contributed by atoms with Crippen LogP contribution in [0.1, 0.15) is 42.6 Å². The quantitative estimate of drug-likeness (QED) is 0.919. The Balaban J connectivity index is 3.15. The first-order valence-corrected chi connectivity index (χ1v) is 6.19. The molecule has 0 aromatic heterocycles. The first kappa shape index (κ1) is 16.0. The highest BCUT2D eigenvalue weighted by atomic mass is 19.4. The van der Waals surface area contributed by atoms with E-state index in [1.165, 1.54) is 12.1 Å². The van der Waals surface area contributed by atoms with Gasteiger partial charge in [-0.15, -0.1) is 0 Å². The molecule has 6 heteroatoms. The van der Waals surface area contributed by atoms with Gasteiger partial charge in [0, 0.05) is 0 Å². The first-order chi connectivity index (χ1) is 9.29. The third kappa shape index (κ3) is 3.29. The highest BCUT2D eigenvalue weighted by Gasteiger charge is 2.36. The molecule has 1 N–H and O–H groups in total. The van der Waals surface area contributed by atoms with Crippen LogP contribution >= 0.6 is 0 Å². The highest BCUT2D eigenvalue weighted by molar-refractivity contribution is 5.96. The lowest BCUT2D eigenvalue weighted by atomic mass is 9.93. The van der Waals surface area contributed by atoms with Crippen molar-refractivity contribution in [3.63, 3.8) is 0 Å². The van der Waals surface area contributed by atoms with Gasteiger partial charge in [-0.1, -0.05) is 26.0 Å². The van der Waals surface area contributed by atoms with Crippen molar-refractivity contribution in [3.8, 4) is 6.07 Å². The van der Waals surface area contributed by atoms with Crippen molar-refractivity contribution in [2.45, 2.75) is 38.4 Å².